The molecule has 0 radical (unpaired) electrons. The van der Waals surface area contributed by atoms with Crippen molar-refractivity contribution in [2.45, 2.75) is 32.2 Å². The fourth-order valence-corrected chi connectivity index (χ4v) is 2.91. The van der Waals surface area contributed by atoms with Crippen LogP contribution in [0, 0.1) is 5.92 Å². The van der Waals surface area contributed by atoms with Crippen molar-refractivity contribution in [1.29, 1.82) is 0 Å². The standard InChI is InChI=1S/C14H20BrN3/c15-14-6-5-13(18-7-1-2-8-18)12(17-14)10-16-9-11-3-4-11/h5-6,11,16H,1-4,7-10H2. The van der Waals surface area contributed by atoms with E-state index in [-0.39, 0.29) is 0 Å². The molecule has 0 spiro atoms. The molecule has 2 fully saturated rings. The first kappa shape index (κ1) is 12.4. The fraction of sp³-hybridized carbons (Fsp3) is 0.643. The lowest BCUT2D eigenvalue weighted by Crippen LogP contribution is -2.23. The van der Waals surface area contributed by atoms with Crippen LogP contribution in [0.4, 0.5) is 5.69 Å². The Hall–Kier alpha value is -0.610. The molecule has 18 heavy (non-hydrogen) atoms. The van der Waals surface area contributed by atoms with E-state index >= 15 is 0 Å². The normalized spacial score (nSPS) is 19.5. The Kier molecular flexibility index (Phi) is 3.85. The lowest BCUT2D eigenvalue weighted by Gasteiger charge is -2.21. The molecular formula is C14H20BrN3. The number of halogens is 1. The van der Waals surface area contributed by atoms with Gasteiger partial charge in [0, 0.05) is 19.6 Å². The van der Waals surface area contributed by atoms with Gasteiger partial charge in [0.15, 0.2) is 0 Å². The molecule has 1 aliphatic carbocycles. The third kappa shape index (κ3) is 3.04. The molecular weight excluding hydrogens is 290 g/mol. The molecule has 1 saturated carbocycles. The number of rotatable bonds is 5. The van der Waals surface area contributed by atoms with Gasteiger partial charge in [0.1, 0.15) is 4.60 Å². The summed E-state index contributed by atoms with van der Waals surface area (Å²) >= 11 is 3.48. The molecule has 0 aromatic carbocycles. The summed E-state index contributed by atoms with van der Waals surface area (Å²) in [4.78, 5) is 7.11. The molecule has 3 nitrogen and oxygen atoms in total. The highest BCUT2D eigenvalue weighted by Gasteiger charge is 2.21. The van der Waals surface area contributed by atoms with Crippen molar-refractivity contribution < 1.29 is 0 Å². The first-order valence-corrected chi connectivity index (χ1v) is 7.73. The number of aromatic nitrogens is 1. The van der Waals surface area contributed by atoms with Crippen LogP contribution in [0.1, 0.15) is 31.4 Å². The van der Waals surface area contributed by atoms with Crippen LogP contribution in [-0.4, -0.2) is 24.6 Å². The minimum absolute atomic E-state index is 0.891. The van der Waals surface area contributed by atoms with Gasteiger partial charge in [0.2, 0.25) is 0 Å². The lowest BCUT2D eigenvalue weighted by atomic mass is 10.2. The maximum absolute atomic E-state index is 4.65. The predicted octanol–water partition coefficient (Wildman–Crippen LogP) is 2.94. The summed E-state index contributed by atoms with van der Waals surface area (Å²) < 4.78 is 0.939. The summed E-state index contributed by atoms with van der Waals surface area (Å²) in [5.41, 5.74) is 2.51. The van der Waals surface area contributed by atoms with Crippen LogP contribution in [0.25, 0.3) is 0 Å². The van der Waals surface area contributed by atoms with E-state index in [2.05, 4.69) is 43.3 Å². The highest BCUT2D eigenvalue weighted by Crippen LogP contribution is 2.28. The molecule has 1 aliphatic heterocycles. The van der Waals surface area contributed by atoms with Crippen LogP contribution in [-0.2, 0) is 6.54 Å². The molecule has 1 N–H and O–H groups in total. The molecule has 2 aliphatic rings. The van der Waals surface area contributed by atoms with Gasteiger partial charge in [-0.25, -0.2) is 4.98 Å². The monoisotopic (exact) mass is 309 g/mol. The van der Waals surface area contributed by atoms with E-state index in [4.69, 9.17) is 0 Å². The van der Waals surface area contributed by atoms with Crippen LogP contribution in [0.15, 0.2) is 16.7 Å². The van der Waals surface area contributed by atoms with Gasteiger partial charge in [-0.1, -0.05) is 0 Å². The van der Waals surface area contributed by atoms with Crippen LogP contribution in [0.2, 0.25) is 0 Å². The van der Waals surface area contributed by atoms with Gasteiger partial charge in [0.25, 0.3) is 0 Å². The van der Waals surface area contributed by atoms with Crippen molar-refractivity contribution in [2.24, 2.45) is 5.92 Å². The largest absolute Gasteiger partial charge is 0.370 e. The average molecular weight is 310 g/mol. The Morgan fingerprint density at radius 1 is 1.28 bits per heavy atom. The van der Waals surface area contributed by atoms with Crippen molar-refractivity contribution in [3.63, 3.8) is 0 Å². The predicted molar refractivity (Wildman–Crippen MR) is 77.8 cm³/mol. The van der Waals surface area contributed by atoms with Gasteiger partial charge in [-0.15, -0.1) is 0 Å². The third-order valence-electron chi connectivity index (χ3n) is 3.79. The first-order valence-electron chi connectivity index (χ1n) is 6.94. The molecule has 3 rings (SSSR count). The number of nitrogens with one attached hydrogen (secondary N) is 1. The van der Waals surface area contributed by atoms with Crippen molar-refractivity contribution in [3.8, 4) is 0 Å². The summed E-state index contributed by atoms with van der Waals surface area (Å²) in [7, 11) is 0. The SMILES string of the molecule is Brc1ccc(N2CCCC2)c(CNCC2CC2)n1. The number of hydrogen-bond donors (Lipinski definition) is 1. The summed E-state index contributed by atoms with van der Waals surface area (Å²) in [5, 5.41) is 3.54. The molecule has 1 saturated heterocycles. The number of pyridine rings is 1. The Balaban J connectivity index is 1.69. The van der Waals surface area contributed by atoms with Crippen molar-refractivity contribution in [1.82, 2.24) is 10.3 Å². The zero-order chi connectivity index (χ0) is 12.4. The molecule has 0 atom stereocenters. The van der Waals surface area contributed by atoms with E-state index in [1.54, 1.807) is 0 Å². The maximum atomic E-state index is 4.65. The Labute approximate surface area is 117 Å². The summed E-state index contributed by atoms with van der Waals surface area (Å²) in [5.74, 6) is 0.924. The van der Waals surface area contributed by atoms with Gasteiger partial charge in [-0.3, -0.25) is 0 Å². The highest BCUT2D eigenvalue weighted by atomic mass is 79.9. The lowest BCUT2D eigenvalue weighted by molar-refractivity contribution is 0.628. The van der Waals surface area contributed by atoms with Gasteiger partial charge < -0.3 is 10.2 Å². The third-order valence-corrected chi connectivity index (χ3v) is 4.23. The smallest absolute Gasteiger partial charge is 0.106 e. The second-order valence-electron chi connectivity index (χ2n) is 5.37. The number of nitrogens with zero attached hydrogens (tertiary/aromatic N) is 2. The molecule has 0 amide bonds. The van der Waals surface area contributed by atoms with Crippen molar-refractivity contribution in [2.75, 3.05) is 24.5 Å². The first-order chi connectivity index (χ1) is 8.83. The van der Waals surface area contributed by atoms with Crippen molar-refractivity contribution >= 4 is 21.6 Å². The summed E-state index contributed by atoms with van der Waals surface area (Å²) in [6, 6.07) is 4.26. The summed E-state index contributed by atoms with van der Waals surface area (Å²) in [6.45, 7) is 4.40. The summed E-state index contributed by atoms with van der Waals surface area (Å²) in [6.07, 6.45) is 5.42. The molecule has 1 aromatic rings. The average Bonchev–Trinajstić information content (AvgIpc) is 3.03. The van der Waals surface area contributed by atoms with E-state index in [1.807, 2.05) is 0 Å². The van der Waals surface area contributed by atoms with Gasteiger partial charge in [0.05, 0.1) is 11.4 Å². The minimum Gasteiger partial charge on any atom is -0.370 e. The zero-order valence-corrected chi connectivity index (χ0v) is 12.2. The number of anilines is 1. The van der Waals surface area contributed by atoms with E-state index in [0.29, 0.717) is 0 Å². The van der Waals surface area contributed by atoms with Crippen LogP contribution in [0.5, 0.6) is 0 Å². The van der Waals surface area contributed by atoms with Crippen molar-refractivity contribution in [3.05, 3.63) is 22.4 Å². The highest BCUT2D eigenvalue weighted by molar-refractivity contribution is 9.10. The fourth-order valence-electron chi connectivity index (χ4n) is 2.56. The Morgan fingerprint density at radius 2 is 2.06 bits per heavy atom. The van der Waals surface area contributed by atoms with Crippen LogP contribution >= 0.6 is 15.9 Å². The molecule has 4 heteroatoms. The minimum atomic E-state index is 0.891. The Bertz CT molecular complexity index is 412. The zero-order valence-electron chi connectivity index (χ0n) is 10.7. The van der Waals surface area contributed by atoms with E-state index < -0.39 is 0 Å². The molecule has 1 aromatic heterocycles. The van der Waals surface area contributed by atoms with Gasteiger partial charge in [-0.05, 0) is 66.2 Å². The van der Waals surface area contributed by atoms with Gasteiger partial charge >= 0.3 is 0 Å². The molecule has 0 unspecified atom stereocenters. The van der Waals surface area contributed by atoms with Gasteiger partial charge in [-0.2, -0.15) is 0 Å². The number of hydrogen-bond acceptors (Lipinski definition) is 3. The second-order valence-corrected chi connectivity index (χ2v) is 6.18. The van der Waals surface area contributed by atoms with E-state index in [1.165, 1.54) is 50.2 Å². The topological polar surface area (TPSA) is 28.2 Å². The molecule has 98 valence electrons. The quantitative estimate of drug-likeness (QED) is 0.848. The van der Waals surface area contributed by atoms with E-state index in [9.17, 15) is 0 Å². The second kappa shape index (κ2) is 5.57. The molecule has 2 heterocycles. The Morgan fingerprint density at radius 3 is 2.78 bits per heavy atom. The molecule has 0 bridgehead atoms. The van der Waals surface area contributed by atoms with E-state index in [0.717, 1.165) is 23.6 Å². The van der Waals surface area contributed by atoms with Crippen LogP contribution in [0.3, 0.4) is 0 Å². The maximum Gasteiger partial charge on any atom is 0.106 e. The van der Waals surface area contributed by atoms with Crippen LogP contribution < -0.4 is 10.2 Å².